The van der Waals surface area contributed by atoms with Gasteiger partial charge in [-0.05, 0) is 66.4 Å². The SMILES string of the molecule is COc1cc(OC)cc(-c2nnc(S/C(=C\c3cccn3-c3ccc(Br)cc3)C(=O)O)o2)c1. The molecule has 4 rings (SSSR count). The van der Waals surface area contributed by atoms with Gasteiger partial charge in [-0.15, -0.1) is 10.2 Å². The Morgan fingerprint density at radius 1 is 1.09 bits per heavy atom. The fraction of sp³-hybridized carbons (Fsp3) is 0.0870. The van der Waals surface area contributed by atoms with Crippen LogP contribution in [0.25, 0.3) is 23.2 Å². The van der Waals surface area contributed by atoms with Gasteiger partial charge in [-0.2, -0.15) is 0 Å². The third kappa shape index (κ3) is 5.29. The molecule has 0 amide bonds. The highest BCUT2D eigenvalue weighted by Gasteiger charge is 2.18. The topological polar surface area (TPSA) is 99.6 Å². The largest absolute Gasteiger partial charge is 0.497 e. The third-order valence-corrected chi connectivity index (χ3v) is 5.96. The van der Waals surface area contributed by atoms with Gasteiger partial charge in [-0.25, -0.2) is 4.79 Å². The van der Waals surface area contributed by atoms with E-state index in [4.69, 9.17) is 13.9 Å². The van der Waals surface area contributed by atoms with Crippen LogP contribution in [0.4, 0.5) is 0 Å². The van der Waals surface area contributed by atoms with Crippen molar-refractivity contribution in [1.82, 2.24) is 14.8 Å². The zero-order valence-corrected chi connectivity index (χ0v) is 20.0. The number of hydrogen-bond donors (Lipinski definition) is 1. The molecule has 33 heavy (non-hydrogen) atoms. The highest BCUT2D eigenvalue weighted by molar-refractivity contribution is 9.10. The maximum atomic E-state index is 11.9. The molecule has 0 aliphatic carbocycles. The predicted octanol–water partition coefficient (Wildman–Crippen LogP) is 5.52. The molecule has 8 nitrogen and oxygen atoms in total. The molecule has 0 fully saturated rings. The second-order valence-electron chi connectivity index (χ2n) is 6.67. The number of hydrogen-bond acceptors (Lipinski definition) is 7. The van der Waals surface area contributed by atoms with Crippen molar-refractivity contribution in [2.45, 2.75) is 5.22 Å². The first-order chi connectivity index (χ1) is 16.0. The van der Waals surface area contributed by atoms with Crippen LogP contribution in [0.3, 0.4) is 0 Å². The summed E-state index contributed by atoms with van der Waals surface area (Å²) in [6.45, 7) is 0. The molecule has 10 heteroatoms. The first kappa shape index (κ1) is 22.7. The first-order valence-electron chi connectivity index (χ1n) is 9.60. The molecule has 4 aromatic rings. The number of carboxylic acid groups (broad SMARTS) is 1. The molecule has 0 aliphatic heterocycles. The van der Waals surface area contributed by atoms with Crippen molar-refractivity contribution in [3.05, 3.63) is 75.9 Å². The van der Waals surface area contributed by atoms with Crippen molar-refractivity contribution >= 4 is 39.7 Å². The van der Waals surface area contributed by atoms with Crippen LogP contribution in [-0.4, -0.2) is 40.1 Å². The summed E-state index contributed by atoms with van der Waals surface area (Å²) < 4.78 is 19.1. The minimum absolute atomic E-state index is 0.0329. The van der Waals surface area contributed by atoms with Gasteiger partial charge < -0.3 is 23.6 Å². The number of rotatable bonds is 8. The number of aromatic nitrogens is 3. The molecule has 2 heterocycles. The maximum absolute atomic E-state index is 11.9. The lowest BCUT2D eigenvalue weighted by Crippen LogP contribution is -1.99. The van der Waals surface area contributed by atoms with Gasteiger partial charge in [0.25, 0.3) is 5.22 Å². The third-order valence-electron chi connectivity index (χ3n) is 4.58. The van der Waals surface area contributed by atoms with Gasteiger partial charge in [0.2, 0.25) is 5.89 Å². The molecule has 0 atom stereocenters. The molecule has 0 aliphatic rings. The van der Waals surface area contributed by atoms with Crippen LogP contribution in [0.5, 0.6) is 11.5 Å². The van der Waals surface area contributed by atoms with Crippen LogP contribution >= 0.6 is 27.7 Å². The van der Waals surface area contributed by atoms with Gasteiger partial charge in [0.15, 0.2) is 0 Å². The Morgan fingerprint density at radius 3 is 2.42 bits per heavy atom. The quantitative estimate of drug-likeness (QED) is 0.236. The van der Waals surface area contributed by atoms with E-state index in [1.165, 1.54) is 0 Å². The fourth-order valence-corrected chi connectivity index (χ4v) is 3.93. The maximum Gasteiger partial charge on any atom is 0.342 e. The van der Waals surface area contributed by atoms with Crippen molar-refractivity contribution in [2.75, 3.05) is 14.2 Å². The second-order valence-corrected chi connectivity index (χ2v) is 8.58. The van der Waals surface area contributed by atoms with Gasteiger partial charge in [0, 0.05) is 33.7 Å². The monoisotopic (exact) mass is 527 g/mol. The normalized spacial score (nSPS) is 11.4. The van der Waals surface area contributed by atoms with E-state index in [9.17, 15) is 9.90 Å². The second kappa shape index (κ2) is 9.97. The molecule has 0 spiro atoms. The number of nitrogens with zero attached hydrogens (tertiary/aromatic N) is 3. The van der Waals surface area contributed by atoms with E-state index in [1.807, 2.05) is 47.2 Å². The Kier molecular flexibility index (Phi) is 6.85. The number of thioether (sulfide) groups is 1. The van der Waals surface area contributed by atoms with Crippen molar-refractivity contribution in [2.24, 2.45) is 0 Å². The number of benzene rings is 2. The zero-order valence-electron chi connectivity index (χ0n) is 17.6. The Morgan fingerprint density at radius 2 is 1.79 bits per heavy atom. The lowest BCUT2D eigenvalue weighted by atomic mass is 10.2. The Bertz CT molecular complexity index is 1290. The number of methoxy groups -OCH3 is 2. The molecule has 0 saturated heterocycles. The van der Waals surface area contributed by atoms with Gasteiger partial charge in [-0.3, -0.25) is 0 Å². The molecule has 2 aromatic heterocycles. The molecule has 0 bridgehead atoms. The number of carboxylic acids is 1. The van der Waals surface area contributed by atoms with Crippen LogP contribution < -0.4 is 9.47 Å². The number of halogens is 1. The molecule has 168 valence electrons. The zero-order chi connectivity index (χ0) is 23.4. The average Bonchev–Trinajstić information content (AvgIpc) is 3.48. The summed E-state index contributed by atoms with van der Waals surface area (Å²) in [6.07, 6.45) is 3.42. The summed E-state index contributed by atoms with van der Waals surface area (Å²) in [7, 11) is 3.09. The molecular weight excluding hydrogens is 510 g/mol. The standard InChI is InChI=1S/C23H18BrN3O5S/c1-30-18-10-14(11-19(13-18)31-2)21-25-26-23(32-21)33-20(22(28)29)12-17-4-3-9-27(17)16-7-5-15(24)6-8-16/h3-13H,1-2H3,(H,28,29)/b20-12-. The fourth-order valence-electron chi connectivity index (χ4n) is 3.01. The molecule has 1 N–H and O–H groups in total. The number of aliphatic carboxylic acids is 1. The smallest absolute Gasteiger partial charge is 0.342 e. The van der Waals surface area contributed by atoms with Gasteiger partial charge in [0.1, 0.15) is 16.4 Å². The number of carbonyl (C=O) groups is 1. The molecule has 0 saturated carbocycles. The Hall–Kier alpha value is -3.50. The van der Waals surface area contributed by atoms with E-state index in [-0.39, 0.29) is 16.0 Å². The highest BCUT2D eigenvalue weighted by Crippen LogP contribution is 2.33. The van der Waals surface area contributed by atoms with Gasteiger partial charge in [0.05, 0.1) is 14.2 Å². The Labute approximate surface area is 202 Å². The van der Waals surface area contributed by atoms with Crippen molar-refractivity contribution in [3.63, 3.8) is 0 Å². The summed E-state index contributed by atoms with van der Waals surface area (Å²) in [5.41, 5.74) is 2.19. The summed E-state index contributed by atoms with van der Waals surface area (Å²) >= 11 is 4.29. The Balaban J connectivity index is 1.62. The lowest BCUT2D eigenvalue weighted by Gasteiger charge is -2.07. The first-order valence-corrected chi connectivity index (χ1v) is 11.2. The van der Waals surface area contributed by atoms with Crippen LogP contribution in [-0.2, 0) is 4.79 Å². The van der Waals surface area contributed by atoms with Crippen molar-refractivity contribution in [3.8, 4) is 28.6 Å². The van der Waals surface area contributed by atoms with Crippen LogP contribution in [0.2, 0.25) is 0 Å². The molecular formula is C23H18BrN3O5S. The summed E-state index contributed by atoms with van der Waals surface area (Å²) in [6, 6.07) is 16.6. The highest BCUT2D eigenvalue weighted by atomic mass is 79.9. The van der Waals surface area contributed by atoms with E-state index in [2.05, 4.69) is 26.1 Å². The minimum Gasteiger partial charge on any atom is -0.497 e. The summed E-state index contributed by atoms with van der Waals surface area (Å²) in [4.78, 5) is 12.0. The summed E-state index contributed by atoms with van der Waals surface area (Å²) in [5.74, 6) is 0.247. The van der Waals surface area contributed by atoms with E-state index >= 15 is 0 Å². The van der Waals surface area contributed by atoms with E-state index in [1.54, 1.807) is 38.5 Å². The average molecular weight is 528 g/mol. The summed E-state index contributed by atoms with van der Waals surface area (Å²) in [5, 5.41) is 17.9. The lowest BCUT2D eigenvalue weighted by molar-refractivity contribution is -0.131. The van der Waals surface area contributed by atoms with Crippen LogP contribution in [0.15, 0.2) is 79.8 Å². The van der Waals surface area contributed by atoms with E-state index in [0.717, 1.165) is 21.9 Å². The predicted molar refractivity (Wildman–Crippen MR) is 128 cm³/mol. The van der Waals surface area contributed by atoms with Gasteiger partial charge >= 0.3 is 5.97 Å². The minimum atomic E-state index is -1.11. The number of ether oxygens (including phenoxy) is 2. The van der Waals surface area contributed by atoms with Gasteiger partial charge in [-0.1, -0.05) is 15.9 Å². The van der Waals surface area contributed by atoms with Crippen molar-refractivity contribution < 1.29 is 23.8 Å². The molecule has 2 aromatic carbocycles. The molecule has 0 unspecified atom stereocenters. The van der Waals surface area contributed by atoms with Crippen molar-refractivity contribution in [1.29, 1.82) is 0 Å². The van der Waals surface area contributed by atoms with E-state index in [0.29, 0.717) is 22.8 Å². The van der Waals surface area contributed by atoms with Crippen LogP contribution in [0.1, 0.15) is 5.69 Å². The van der Waals surface area contributed by atoms with Crippen LogP contribution in [0, 0.1) is 0 Å². The van der Waals surface area contributed by atoms with E-state index < -0.39 is 5.97 Å². The molecule has 0 radical (unpaired) electrons.